The van der Waals surface area contributed by atoms with Gasteiger partial charge in [-0.25, -0.2) is 8.42 Å². The molecular formula is C24H24ClN5O3S. The fourth-order valence-corrected chi connectivity index (χ4v) is 5.41. The highest BCUT2D eigenvalue weighted by atomic mass is 35.5. The van der Waals surface area contributed by atoms with E-state index >= 15 is 0 Å². The van der Waals surface area contributed by atoms with Crippen molar-refractivity contribution in [3.8, 4) is 28.3 Å². The molecule has 0 spiro atoms. The smallest absolute Gasteiger partial charge is 0.205 e. The number of sulfone groups is 1. The van der Waals surface area contributed by atoms with Crippen LogP contribution in [0.5, 0.6) is 5.75 Å². The van der Waals surface area contributed by atoms with E-state index in [2.05, 4.69) is 25.6 Å². The van der Waals surface area contributed by atoms with Crippen LogP contribution in [-0.2, 0) is 35.0 Å². The van der Waals surface area contributed by atoms with E-state index in [1.165, 1.54) is 0 Å². The lowest BCUT2D eigenvalue weighted by atomic mass is 9.98. The molecule has 1 N–H and O–H groups in total. The highest BCUT2D eigenvalue weighted by Crippen LogP contribution is 2.32. The summed E-state index contributed by atoms with van der Waals surface area (Å²) in [5, 5.41) is 14.3. The van der Waals surface area contributed by atoms with Crippen LogP contribution >= 0.6 is 12.4 Å². The molecule has 176 valence electrons. The number of hydrogen-bond donors (Lipinski definition) is 1. The molecule has 2 aromatic carbocycles. The molecule has 10 heteroatoms. The maximum atomic E-state index is 12.2. The lowest BCUT2D eigenvalue weighted by Gasteiger charge is -2.20. The number of nitrogens with one attached hydrogen (secondary N) is 1. The van der Waals surface area contributed by atoms with E-state index in [0.717, 1.165) is 40.1 Å². The Morgan fingerprint density at radius 1 is 1.06 bits per heavy atom. The zero-order valence-electron chi connectivity index (χ0n) is 18.6. The zero-order chi connectivity index (χ0) is 22.8. The van der Waals surface area contributed by atoms with Crippen LogP contribution in [-0.4, -0.2) is 39.8 Å². The molecule has 5 rings (SSSR count). The van der Waals surface area contributed by atoms with E-state index in [1.54, 1.807) is 0 Å². The average Bonchev–Trinajstić information content (AvgIpc) is 3.37. The molecule has 1 aliphatic heterocycles. The van der Waals surface area contributed by atoms with E-state index in [4.69, 9.17) is 4.74 Å². The molecule has 0 unspecified atom stereocenters. The third-order valence-electron chi connectivity index (χ3n) is 5.77. The predicted octanol–water partition coefficient (Wildman–Crippen LogP) is 3.96. The summed E-state index contributed by atoms with van der Waals surface area (Å²) in [6, 6.07) is 17.8. The van der Waals surface area contributed by atoms with Crippen molar-refractivity contribution in [2.24, 2.45) is 0 Å². The number of benzene rings is 2. The van der Waals surface area contributed by atoms with Gasteiger partial charge in [0.2, 0.25) is 5.82 Å². The molecule has 2 aromatic heterocycles. The number of hydrogen-bond acceptors (Lipinski definition) is 7. The molecule has 0 fully saturated rings. The summed E-state index contributed by atoms with van der Waals surface area (Å²) in [6.45, 7) is 2.37. The average molecular weight is 498 g/mol. The summed E-state index contributed by atoms with van der Waals surface area (Å²) in [4.78, 5) is 4.63. The molecule has 0 radical (unpaired) electrons. The van der Waals surface area contributed by atoms with Crippen molar-refractivity contribution in [2.45, 2.75) is 32.1 Å². The topological polar surface area (TPSA) is 111 Å². The van der Waals surface area contributed by atoms with Gasteiger partial charge in [0.25, 0.3) is 0 Å². The molecule has 0 aliphatic carbocycles. The Kier molecular flexibility index (Phi) is 6.95. The standard InChI is InChI=1S/C24H23N5O3S.ClH/c1-2-18-13-23(21-15-33(30,31)12-11-22(21)25-18)32-14-16-7-9-17(10-8-16)19-5-3-4-6-20(19)24-26-28-29-27-24;/h3-10,13H,2,11-12,14-15H2,1H3,(H,26,27,28,29);1H. The number of tetrazole rings is 1. The second kappa shape index (κ2) is 9.90. The van der Waals surface area contributed by atoms with Crippen LogP contribution in [0.4, 0.5) is 0 Å². The molecule has 0 amide bonds. The van der Waals surface area contributed by atoms with Gasteiger partial charge in [-0.2, -0.15) is 5.21 Å². The second-order valence-electron chi connectivity index (χ2n) is 8.00. The lowest BCUT2D eigenvalue weighted by Crippen LogP contribution is -2.21. The number of aromatic amines is 1. The maximum Gasteiger partial charge on any atom is 0.205 e. The number of H-pyrrole nitrogens is 1. The largest absolute Gasteiger partial charge is 0.488 e. The SMILES string of the molecule is CCc1cc(OCc2ccc(-c3ccccc3-c3nn[nH]n3)cc2)c2c(n1)CCS(=O)(=O)C2.Cl. The first-order valence-electron chi connectivity index (χ1n) is 10.8. The van der Waals surface area contributed by atoms with Gasteiger partial charge >= 0.3 is 0 Å². The third kappa shape index (κ3) is 4.95. The van der Waals surface area contributed by atoms with Crippen molar-refractivity contribution in [1.82, 2.24) is 25.6 Å². The number of pyridine rings is 1. The first-order chi connectivity index (χ1) is 16.0. The summed E-state index contributed by atoms with van der Waals surface area (Å²) < 4.78 is 30.5. The predicted molar refractivity (Wildman–Crippen MR) is 131 cm³/mol. The molecule has 0 saturated heterocycles. The Hall–Kier alpha value is -3.30. The van der Waals surface area contributed by atoms with Crippen LogP contribution in [0, 0.1) is 0 Å². The molecule has 34 heavy (non-hydrogen) atoms. The Morgan fingerprint density at radius 3 is 2.53 bits per heavy atom. The van der Waals surface area contributed by atoms with Crippen molar-refractivity contribution < 1.29 is 13.2 Å². The Balaban J connectivity index is 0.00000274. The van der Waals surface area contributed by atoms with Crippen molar-refractivity contribution in [1.29, 1.82) is 0 Å². The van der Waals surface area contributed by atoms with Crippen LogP contribution in [0.3, 0.4) is 0 Å². The minimum absolute atomic E-state index is 0. The van der Waals surface area contributed by atoms with Gasteiger partial charge in [0.05, 0.1) is 11.5 Å². The summed E-state index contributed by atoms with van der Waals surface area (Å²) >= 11 is 0. The van der Waals surface area contributed by atoms with E-state index < -0.39 is 9.84 Å². The van der Waals surface area contributed by atoms with Gasteiger partial charge in [-0.05, 0) is 28.3 Å². The number of nitrogens with zero attached hydrogens (tertiary/aromatic N) is 4. The second-order valence-corrected chi connectivity index (χ2v) is 10.2. The van der Waals surface area contributed by atoms with Gasteiger partial charge < -0.3 is 4.74 Å². The van der Waals surface area contributed by atoms with E-state index in [1.807, 2.05) is 61.5 Å². The molecule has 0 atom stereocenters. The van der Waals surface area contributed by atoms with Crippen molar-refractivity contribution in [2.75, 3.05) is 5.75 Å². The Morgan fingerprint density at radius 2 is 1.82 bits per heavy atom. The van der Waals surface area contributed by atoms with Gasteiger partial charge in [0, 0.05) is 35.0 Å². The van der Waals surface area contributed by atoms with Crippen molar-refractivity contribution >= 4 is 22.2 Å². The van der Waals surface area contributed by atoms with Gasteiger partial charge in [0.15, 0.2) is 9.84 Å². The first-order valence-corrected chi connectivity index (χ1v) is 12.6. The van der Waals surface area contributed by atoms with Crippen LogP contribution in [0.25, 0.3) is 22.5 Å². The molecule has 8 nitrogen and oxygen atoms in total. The minimum atomic E-state index is -3.12. The van der Waals surface area contributed by atoms with Crippen LogP contribution in [0.2, 0.25) is 0 Å². The van der Waals surface area contributed by atoms with Crippen LogP contribution in [0.1, 0.15) is 29.4 Å². The highest BCUT2D eigenvalue weighted by molar-refractivity contribution is 7.90. The normalized spacial score (nSPS) is 14.1. The molecule has 4 aromatic rings. The zero-order valence-corrected chi connectivity index (χ0v) is 20.2. The number of fused-ring (bicyclic) bond motifs is 1. The fourth-order valence-electron chi connectivity index (χ4n) is 4.02. The van der Waals surface area contributed by atoms with E-state index in [0.29, 0.717) is 30.2 Å². The fraction of sp³-hybridized carbons (Fsp3) is 0.250. The van der Waals surface area contributed by atoms with Gasteiger partial charge in [0.1, 0.15) is 12.4 Å². The maximum absolute atomic E-state index is 12.2. The number of halogens is 1. The molecular weight excluding hydrogens is 474 g/mol. The highest BCUT2D eigenvalue weighted by Gasteiger charge is 2.26. The van der Waals surface area contributed by atoms with Crippen LogP contribution < -0.4 is 4.74 Å². The summed E-state index contributed by atoms with van der Waals surface area (Å²) in [7, 11) is -3.12. The third-order valence-corrected chi connectivity index (χ3v) is 7.33. The quantitative estimate of drug-likeness (QED) is 0.429. The van der Waals surface area contributed by atoms with E-state index in [9.17, 15) is 8.42 Å². The first kappa shape index (κ1) is 23.8. The summed E-state index contributed by atoms with van der Waals surface area (Å²) in [5.41, 5.74) is 6.37. The number of aromatic nitrogens is 5. The van der Waals surface area contributed by atoms with E-state index in [-0.39, 0.29) is 23.9 Å². The lowest BCUT2D eigenvalue weighted by molar-refractivity contribution is 0.302. The number of rotatable bonds is 6. The molecule has 3 heterocycles. The number of aryl methyl sites for hydroxylation is 2. The number of ether oxygens (including phenoxy) is 1. The summed E-state index contributed by atoms with van der Waals surface area (Å²) in [6.07, 6.45) is 1.21. The van der Waals surface area contributed by atoms with Crippen molar-refractivity contribution in [3.63, 3.8) is 0 Å². The summed E-state index contributed by atoms with van der Waals surface area (Å²) in [5.74, 6) is 1.29. The monoisotopic (exact) mass is 497 g/mol. The molecule has 0 bridgehead atoms. The van der Waals surface area contributed by atoms with Gasteiger partial charge in [-0.15, -0.1) is 22.6 Å². The van der Waals surface area contributed by atoms with Crippen LogP contribution in [0.15, 0.2) is 54.6 Å². The van der Waals surface area contributed by atoms with Gasteiger partial charge in [-0.1, -0.05) is 55.5 Å². The van der Waals surface area contributed by atoms with Crippen molar-refractivity contribution in [3.05, 3.63) is 77.1 Å². The molecule has 1 aliphatic rings. The molecule has 0 saturated carbocycles. The van der Waals surface area contributed by atoms with Gasteiger partial charge in [-0.3, -0.25) is 4.98 Å². The minimum Gasteiger partial charge on any atom is -0.488 e. The Labute approximate surface area is 204 Å². The Bertz CT molecular complexity index is 1390.